The van der Waals surface area contributed by atoms with Crippen molar-refractivity contribution in [2.75, 3.05) is 0 Å². The van der Waals surface area contributed by atoms with Gasteiger partial charge in [0, 0.05) is 17.8 Å². The highest BCUT2D eigenvalue weighted by molar-refractivity contribution is 6.29. The predicted molar refractivity (Wildman–Crippen MR) is 61.1 cm³/mol. The third-order valence-corrected chi connectivity index (χ3v) is 2.28. The van der Waals surface area contributed by atoms with E-state index in [9.17, 15) is 13.6 Å². The molecule has 3 nitrogen and oxygen atoms in total. The van der Waals surface area contributed by atoms with Gasteiger partial charge >= 0.3 is 0 Å². The van der Waals surface area contributed by atoms with E-state index >= 15 is 0 Å². The summed E-state index contributed by atoms with van der Waals surface area (Å²) in [7, 11) is 0. The fraction of sp³-hybridized carbons (Fsp3) is 0. The van der Waals surface area contributed by atoms with Gasteiger partial charge in [-0.25, -0.2) is 13.8 Å². The van der Waals surface area contributed by atoms with E-state index in [0.29, 0.717) is 6.29 Å². The molecular formula is C12H6ClF2NO2. The van der Waals surface area contributed by atoms with Gasteiger partial charge in [-0.2, -0.15) is 0 Å². The van der Waals surface area contributed by atoms with Crippen LogP contribution in [0.25, 0.3) is 0 Å². The molecule has 0 N–H and O–H groups in total. The number of carbonyl (C=O) groups excluding carboxylic acids is 1. The molecule has 18 heavy (non-hydrogen) atoms. The van der Waals surface area contributed by atoms with Crippen molar-refractivity contribution in [3.8, 4) is 11.5 Å². The van der Waals surface area contributed by atoms with E-state index in [1.807, 2.05) is 0 Å². The van der Waals surface area contributed by atoms with Gasteiger partial charge in [0.15, 0.2) is 17.4 Å². The van der Waals surface area contributed by atoms with Crippen molar-refractivity contribution >= 4 is 17.9 Å². The SMILES string of the molecule is O=Cc1cc(F)c(Oc2ccnc(Cl)c2)c(F)c1. The van der Waals surface area contributed by atoms with Gasteiger partial charge in [-0.15, -0.1) is 0 Å². The monoisotopic (exact) mass is 269 g/mol. The first-order valence-corrected chi connectivity index (χ1v) is 5.21. The highest BCUT2D eigenvalue weighted by atomic mass is 35.5. The Hall–Kier alpha value is -2.01. The second-order valence-electron chi connectivity index (χ2n) is 3.35. The Morgan fingerprint density at radius 2 is 1.89 bits per heavy atom. The summed E-state index contributed by atoms with van der Waals surface area (Å²) in [5, 5.41) is 0.137. The van der Waals surface area contributed by atoms with Crippen LogP contribution in [0.15, 0.2) is 30.5 Å². The average Bonchev–Trinajstić information content (AvgIpc) is 2.33. The second kappa shape index (κ2) is 5.10. The number of aldehydes is 1. The van der Waals surface area contributed by atoms with Crippen LogP contribution in [-0.2, 0) is 0 Å². The molecule has 0 amide bonds. The zero-order valence-corrected chi connectivity index (χ0v) is 9.62. The van der Waals surface area contributed by atoms with Crippen molar-refractivity contribution in [1.29, 1.82) is 0 Å². The third kappa shape index (κ3) is 2.62. The number of pyridine rings is 1. The summed E-state index contributed by atoms with van der Waals surface area (Å²) in [5.41, 5.74) is -0.106. The van der Waals surface area contributed by atoms with Crippen molar-refractivity contribution in [2.45, 2.75) is 0 Å². The predicted octanol–water partition coefficient (Wildman–Crippen LogP) is 3.62. The Labute approximate surface area is 106 Å². The van der Waals surface area contributed by atoms with E-state index < -0.39 is 17.4 Å². The number of halogens is 3. The van der Waals surface area contributed by atoms with Crippen LogP contribution in [0.5, 0.6) is 11.5 Å². The minimum atomic E-state index is -0.968. The minimum absolute atomic E-state index is 0.106. The van der Waals surface area contributed by atoms with Gasteiger partial charge in [-0.1, -0.05) is 11.6 Å². The fourth-order valence-electron chi connectivity index (χ4n) is 1.31. The Morgan fingerprint density at radius 3 is 2.44 bits per heavy atom. The Balaban J connectivity index is 2.37. The van der Waals surface area contributed by atoms with Crippen molar-refractivity contribution in [1.82, 2.24) is 4.98 Å². The molecular weight excluding hydrogens is 264 g/mol. The molecule has 6 heteroatoms. The summed E-state index contributed by atoms with van der Waals surface area (Å²) in [4.78, 5) is 14.1. The van der Waals surface area contributed by atoms with E-state index in [2.05, 4.69) is 4.98 Å². The van der Waals surface area contributed by atoms with Crippen molar-refractivity contribution in [2.24, 2.45) is 0 Å². The van der Waals surface area contributed by atoms with E-state index in [-0.39, 0.29) is 16.5 Å². The number of aromatic nitrogens is 1. The highest BCUT2D eigenvalue weighted by Gasteiger charge is 2.13. The highest BCUT2D eigenvalue weighted by Crippen LogP contribution is 2.28. The van der Waals surface area contributed by atoms with Crippen LogP contribution in [0.2, 0.25) is 5.15 Å². The van der Waals surface area contributed by atoms with Crippen LogP contribution in [0.4, 0.5) is 8.78 Å². The number of carbonyl (C=O) groups is 1. The van der Waals surface area contributed by atoms with Crippen LogP contribution >= 0.6 is 11.6 Å². The van der Waals surface area contributed by atoms with Gasteiger partial charge in [-0.05, 0) is 18.2 Å². The molecule has 0 spiro atoms. The lowest BCUT2D eigenvalue weighted by molar-refractivity contribution is 0.112. The van der Waals surface area contributed by atoms with Gasteiger partial charge in [0.25, 0.3) is 0 Å². The van der Waals surface area contributed by atoms with Crippen LogP contribution in [0.1, 0.15) is 10.4 Å². The minimum Gasteiger partial charge on any atom is -0.451 e. The Kier molecular flexibility index (Phi) is 3.53. The topological polar surface area (TPSA) is 39.2 Å². The number of ether oxygens (including phenoxy) is 1. The van der Waals surface area contributed by atoms with Gasteiger partial charge < -0.3 is 4.74 Å². The first kappa shape index (κ1) is 12.4. The summed E-state index contributed by atoms with van der Waals surface area (Å²) < 4.78 is 32.1. The molecule has 0 atom stereocenters. The largest absolute Gasteiger partial charge is 0.451 e. The zero-order valence-electron chi connectivity index (χ0n) is 8.86. The molecule has 92 valence electrons. The zero-order chi connectivity index (χ0) is 13.1. The summed E-state index contributed by atoms with van der Waals surface area (Å²) in [6.07, 6.45) is 1.69. The van der Waals surface area contributed by atoms with E-state index in [1.165, 1.54) is 18.3 Å². The fourth-order valence-corrected chi connectivity index (χ4v) is 1.47. The van der Waals surface area contributed by atoms with Gasteiger partial charge in [0.1, 0.15) is 17.2 Å². The standard InChI is InChI=1S/C12H6ClF2NO2/c13-11-5-8(1-2-16-11)18-12-9(14)3-7(6-17)4-10(12)15/h1-6H. The van der Waals surface area contributed by atoms with Crippen LogP contribution in [0.3, 0.4) is 0 Å². The molecule has 1 aromatic carbocycles. The normalized spacial score (nSPS) is 10.2. The first-order chi connectivity index (χ1) is 8.60. The molecule has 0 fully saturated rings. The van der Waals surface area contributed by atoms with Gasteiger partial charge in [-0.3, -0.25) is 4.79 Å². The maximum absolute atomic E-state index is 13.5. The molecule has 1 aromatic heterocycles. The molecule has 0 unspecified atom stereocenters. The molecule has 0 saturated heterocycles. The van der Waals surface area contributed by atoms with Gasteiger partial charge in [0.2, 0.25) is 0 Å². The molecule has 1 heterocycles. The number of benzene rings is 1. The van der Waals surface area contributed by atoms with Gasteiger partial charge in [0.05, 0.1) is 0 Å². The van der Waals surface area contributed by atoms with Crippen molar-refractivity contribution < 1.29 is 18.3 Å². The van der Waals surface area contributed by atoms with E-state index in [0.717, 1.165) is 12.1 Å². The summed E-state index contributed by atoms with van der Waals surface area (Å²) in [6.45, 7) is 0. The molecule has 0 aliphatic carbocycles. The quantitative estimate of drug-likeness (QED) is 0.631. The lowest BCUT2D eigenvalue weighted by Gasteiger charge is -2.08. The van der Waals surface area contributed by atoms with E-state index in [4.69, 9.17) is 16.3 Å². The number of nitrogens with zero attached hydrogens (tertiary/aromatic N) is 1. The molecule has 0 aliphatic heterocycles. The van der Waals surface area contributed by atoms with Crippen LogP contribution in [0, 0.1) is 11.6 Å². The molecule has 0 bridgehead atoms. The lowest BCUT2D eigenvalue weighted by atomic mass is 10.2. The third-order valence-electron chi connectivity index (χ3n) is 2.07. The molecule has 0 saturated carbocycles. The number of hydrogen-bond donors (Lipinski definition) is 0. The number of rotatable bonds is 3. The molecule has 2 rings (SSSR count). The summed E-state index contributed by atoms with van der Waals surface area (Å²) >= 11 is 5.61. The van der Waals surface area contributed by atoms with Crippen molar-refractivity contribution in [3.05, 3.63) is 52.8 Å². The molecule has 0 aliphatic rings. The lowest BCUT2D eigenvalue weighted by Crippen LogP contribution is -1.95. The van der Waals surface area contributed by atoms with Crippen LogP contribution in [-0.4, -0.2) is 11.3 Å². The van der Waals surface area contributed by atoms with Crippen LogP contribution < -0.4 is 4.74 Å². The average molecular weight is 270 g/mol. The Bertz CT molecular complexity index is 581. The molecule has 2 aromatic rings. The van der Waals surface area contributed by atoms with E-state index in [1.54, 1.807) is 0 Å². The maximum Gasteiger partial charge on any atom is 0.198 e. The molecule has 0 radical (unpaired) electrons. The number of hydrogen-bond acceptors (Lipinski definition) is 3. The first-order valence-electron chi connectivity index (χ1n) is 4.84. The summed E-state index contributed by atoms with van der Waals surface area (Å²) in [6, 6.07) is 4.48. The second-order valence-corrected chi connectivity index (χ2v) is 3.74. The summed E-state index contributed by atoms with van der Waals surface area (Å²) in [5.74, 6) is -2.38. The smallest absolute Gasteiger partial charge is 0.198 e. The Morgan fingerprint density at radius 1 is 1.22 bits per heavy atom. The van der Waals surface area contributed by atoms with Crippen molar-refractivity contribution in [3.63, 3.8) is 0 Å². The maximum atomic E-state index is 13.5.